The van der Waals surface area contributed by atoms with Gasteiger partial charge < -0.3 is 4.42 Å². The molecular weight excluding hydrogens is 232 g/mol. The fraction of sp³-hybridized carbons (Fsp3) is 0.444. The quantitative estimate of drug-likeness (QED) is 0.547. The first-order chi connectivity index (χ1) is 9.45. The molecular formula is C18H24O. The van der Waals surface area contributed by atoms with E-state index in [9.17, 15) is 0 Å². The van der Waals surface area contributed by atoms with Gasteiger partial charge in [0.15, 0.2) is 0 Å². The molecule has 0 radical (unpaired) electrons. The van der Waals surface area contributed by atoms with E-state index in [2.05, 4.69) is 36.4 Å². The molecule has 0 unspecified atom stereocenters. The molecule has 0 amide bonds. The van der Waals surface area contributed by atoms with E-state index in [1.54, 1.807) is 6.26 Å². The summed E-state index contributed by atoms with van der Waals surface area (Å²) in [7, 11) is 0. The highest BCUT2D eigenvalue weighted by molar-refractivity contribution is 5.14. The van der Waals surface area contributed by atoms with Crippen molar-refractivity contribution in [3.63, 3.8) is 0 Å². The maximum Gasteiger partial charge on any atom is 0.103 e. The number of hydrogen-bond donors (Lipinski definition) is 0. The van der Waals surface area contributed by atoms with Gasteiger partial charge in [-0.3, -0.25) is 0 Å². The number of furan rings is 1. The van der Waals surface area contributed by atoms with Crippen LogP contribution in [0.5, 0.6) is 0 Å². The fourth-order valence-corrected chi connectivity index (χ4v) is 2.43. The minimum Gasteiger partial charge on any atom is -0.469 e. The molecule has 0 aliphatic carbocycles. The third-order valence-corrected chi connectivity index (χ3v) is 3.56. The standard InChI is InChI=1S/C18H24O/c1(2-4-9-14-18-15-10-16-19-18)3-6-11-17-12-7-5-8-13-17/h5,7-8,10,12-13,15-16H,1-4,6,9,11,14H2. The zero-order valence-electron chi connectivity index (χ0n) is 11.7. The Morgan fingerprint density at radius 2 is 1.32 bits per heavy atom. The topological polar surface area (TPSA) is 13.1 Å². The van der Waals surface area contributed by atoms with E-state index in [0.717, 1.165) is 12.2 Å². The van der Waals surface area contributed by atoms with Crippen molar-refractivity contribution in [2.24, 2.45) is 0 Å². The molecule has 1 aromatic carbocycles. The Balaban J connectivity index is 1.42. The summed E-state index contributed by atoms with van der Waals surface area (Å²) in [6.45, 7) is 0. The van der Waals surface area contributed by atoms with Crippen molar-refractivity contribution in [3.8, 4) is 0 Å². The highest BCUT2D eigenvalue weighted by Crippen LogP contribution is 2.12. The van der Waals surface area contributed by atoms with Crippen LogP contribution < -0.4 is 0 Å². The molecule has 0 N–H and O–H groups in total. The maximum absolute atomic E-state index is 5.33. The molecule has 1 nitrogen and oxygen atoms in total. The van der Waals surface area contributed by atoms with Crippen molar-refractivity contribution in [1.29, 1.82) is 0 Å². The largest absolute Gasteiger partial charge is 0.469 e. The molecule has 0 saturated heterocycles. The Kier molecular flexibility index (Phi) is 6.28. The first-order valence-corrected chi connectivity index (χ1v) is 7.51. The summed E-state index contributed by atoms with van der Waals surface area (Å²) in [4.78, 5) is 0. The Bertz CT molecular complexity index is 416. The number of rotatable bonds is 9. The van der Waals surface area contributed by atoms with Crippen molar-refractivity contribution in [2.75, 3.05) is 0 Å². The van der Waals surface area contributed by atoms with Gasteiger partial charge in [-0.2, -0.15) is 0 Å². The predicted octanol–water partition coefficient (Wildman–Crippen LogP) is 5.41. The maximum atomic E-state index is 5.33. The van der Waals surface area contributed by atoms with Crippen molar-refractivity contribution in [1.82, 2.24) is 0 Å². The Hall–Kier alpha value is -1.50. The SMILES string of the molecule is c1ccc(CCCCCCCCc2ccco2)cc1. The normalized spacial score (nSPS) is 10.7. The molecule has 0 atom stereocenters. The molecule has 0 spiro atoms. The molecule has 0 aliphatic rings. The van der Waals surface area contributed by atoms with Crippen LogP contribution in [0.15, 0.2) is 53.1 Å². The Morgan fingerprint density at radius 1 is 0.632 bits per heavy atom. The number of benzene rings is 1. The average molecular weight is 256 g/mol. The van der Waals surface area contributed by atoms with E-state index in [4.69, 9.17) is 4.42 Å². The predicted molar refractivity (Wildman–Crippen MR) is 80.3 cm³/mol. The molecule has 2 aromatic rings. The molecule has 0 aliphatic heterocycles. The van der Waals surface area contributed by atoms with Gasteiger partial charge in [-0.1, -0.05) is 56.0 Å². The molecule has 102 valence electrons. The van der Waals surface area contributed by atoms with Crippen molar-refractivity contribution in [2.45, 2.75) is 51.4 Å². The van der Waals surface area contributed by atoms with Crippen LogP contribution in [0.3, 0.4) is 0 Å². The molecule has 2 rings (SSSR count). The number of unbranched alkanes of at least 4 members (excludes halogenated alkanes) is 5. The summed E-state index contributed by atoms with van der Waals surface area (Å²) < 4.78 is 5.33. The van der Waals surface area contributed by atoms with Crippen molar-refractivity contribution < 1.29 is 4.42 Å². The van der Waals surface area contributed by atoms with Crippen LogP contribution in [0.25, 0.3) is 0 Å². The lowest BCUT2D eigenvalue weighted by molar-refractivity contribution is 0.491. The number of aryl methyl sites for hydroxylation is 2. The van der Waals surface area contributed by atoms with E-state index in [-0.39, 0.29) is 0 Å². The zero-order chi connectivity index (χ0) is 13.2. The Labute approximate surface area is 116 Å². The van der Waals surface area contributed by atoms with Gasteiger partial charge in [0.25, 0.3) is 0 Å². The van der Waals surface area contributed by atoms with Gasteiger partial charge in [0.05, 0.1) is 6.26 Å². The first kappa shape index (κ1) is 13.9. The van der Waals surface area contributed by atoms with Gasteiger partial charge in [0.2, 0.25) is 0 Å². The van der Waals surface area contributed by atoms with Crippen LogP contribution in [0, 0.1) is 0 Å². The van der Waals surface area contributed by atoms with Crippen LogP contribution in [-0.4, -0.2) is 0 Å². The number of hydrogen-bond acceptors (Lipinski definition) is 1. The van der Waals surface area contributed by atoms with Crippen LogP contribution >= 0.6 is 0 Å². The average Bonchev–Trinajstić information content (AvgIpc) is 2.96. The lowest BCUT2D eigenvalue weighted by atomic mass is 10.0. The minimum absolute atomic E-state index is 1.09. The van der Waals surface area contributed by atoms with Crippen LogP contribution in [0.2, 0.25) is 0 Å². The van der Waals surface area contributed by atoms with E-state index >= 15 is 0 Å². The molecule has 1 aromatic heterocycles. The second kappa shape index (κ2) is 8.58. The molecule has 0 bridgehead atoms. The summed E-state index contributed by atoms with van der Waals surface area (Å²) >= 11 is 0. The van der Waals surface area contributed by atoms with Crippen molar-refractivity contribution in [3.05, 3.63) is 60.1 Å². The van der Waals surface area contributed by atoms with Gasteiger partial charge in [-0.25, -0.2) is 0 Å². The lowest BCUT2D eigenvalue weighted by Gasteiger charge is -2.02. The smallest absolute Gasteiger partial charge is 0.103 e. The van der Waals surface area contributed by atoms with Crippen molar-refractivity contribution >= 4 is 0 Å². The summed E-state index contributed by atoms with van der Waals surface area (Å²) in [5, 5.41) is 0. The van der Waals surface area contributed by atoms with E-state index in [1.807, 2.05) is 6.07 Å². The van der Waals surface area contributed by atoms with Gasteiger partial charge in [0.1, 0.15) is 5.76 Å². The monoisotopic (exact) mass is 256 g/mol. The van der Waals surface area contributed by atoms with Gasteiger partial charge in [-0.15, -0.1) is 0 Å². The van der Waals surface area contributed by atoms with Gasteiger partial charge >= 0.3 is 0 Å². The summed E-state index contributed by atoms with van der Waals surface area (Å²) in [6, 6.07) is 14.8. The summed E-state index contributed by atoms with van der Waals surface area (Å²) in [6.07, 6.45) is 12.1. The van der Waals surface area contributed by atoms with E-state index in [1.165, 1.54) is 50.5 Å². The second-order valence-corrected chi connectivity index (χ2v) is 5.19. The third-order valence-electron chi connectivity index (χ3n) is 3.56. The summed E-state index contributed by atoms with van der Waals surface area (Å²) in [5.41, 5.74) is 1.47. The van der Waals surface area contributed by atoms with Gasteiger partial charge in [0, 0.05) is 6.42 Å². The molecule has 19 heavy (non-hydrogen) atoms. The lowest BCUT2D eigenvalue weighted by Crippen LogP contribution is -1.87. The van der Waals surface area contributed by atoms with E-state index < -0.39 is 0 Å². The van der Waals surface area contributed by atoms with Crippen LogP contribution in [0.1, 0.15) is 49.8 Å². The Morgan fingerprint density at radius 3 is 2.00 bits per heavy atom. The zero-order valence-corrected chi connectivity index (χ0v) is 11.7. The fourth-order valence-electron chi connectivity index (χ4n) is 2.43. The highest BCUT2D eigenvalue weighted by atomic mass is 16.3. The van der Waals surface area contributed by atoms with Crippen LogP contribution in [0.4, 0.5) is 0 Å². The minimum atomic E-state index is 1.09. The third kappa shape index (κ3) is 5.78. The summed E-state index contributed by atoms with van der Waals surface area (Å²) in [5.74, 6) is 1.13. The molecule has 0 fully saturated rings. The first-order valence-electron chi connectivity index (χ1n) is 7.51. The molecule has 1 heterocycles. The van der Waals surface area contributed by atoms with Crippen LogP contribution in [-0.2, 0) is 12.8 Å². The second-order valence-electron chi connectivity index (χ2n) is 5.19. The molecule has 1 heteroatoms. The molecule has 0 saturated carbocycles. The highest BCUT2D eigenvalue weighted by Gasteiger charge is 1.96. The van der Waals surface area contributed by atoms with E-state index in [0.29, 0.717) is 0 Å². The van der Waals surface area contributed by atoms with Gasteiger partial charge in [-0.05, 0) is 37.0 Å².